The Bertz CT molecular complexity index is 3350. The Labute approximate surface area is 361 Å². The van der Waals surface area contributed by atoms with E-state index in [2.05, 4.69) is 25.2 Å². The van der Waals surface area contributed by atoms with Crippen molar-refractivity contribution in [3.63, 3.8) is 0 Å². The second-order valence-electron chi connectivity index (χ2n) is 15.4. The molecule has 3 atom stereocenters. The van der Waals surface area contributed by atoms with Crippen LogP contribution in [0.3, 0.4) is 0 Å². The third kappa shape index (κ3) is 7.27. The Kier molecular flexibility index (Phi) is 10.0. The molecule has 1 saturated carbocycles. The van der Waals surface area contributed by atoms with Gasteiger partial charge in [0.2, 0.25) is 15.9 Å². The van der Waals surface area contributed by atoms with Crippen molar-refractivity contribution in [2.24, 2.45) is 13.0 Å². The van der Waals surface area contributed by atoms with E-state index >= 15 is 8.78 Å². The summed E-state index contributed by atoms with van der Waals surface area (Å²) in [7, 11) is -2.55. The number of carbonyl (C=O) groups is 1. The first-order chi connectivity index (χ1) is 30.2. The number of rotatable bonds is 11. The number of pyridine rings is 1. The van der Waals surface area contributed by atoms with Gasteiger partial charge in [-0.3, -0.25) is 28.2 Å². The maximum atomic E-state index is 15.5. The van der Waals surface area contributed by atoms with Crippen LogP contribution in [-0.4, -0.2) is 54.7 Å². The third-order valence-electron chi connectivity index (χ3n) is 11.0. The van der Waals surface area contributed by atoms with Gasteiger partial charge in [0, 0.05) is 36.6 Å². The number of nitrogens with zero attached hydrogens (tertiary/aromatic N) is 8. The van der Waals surface area contributed by atoms with Crippen LogP contribution < -0.4 is 15.6 Å². The largest absolute Gasteiger partial charge is 0.344 e. The maximum Gasteiger partial charge on any atom is 0.293 e. The standard InChI is InChI=1S/C41H28ClF7N10O4S/c1-57-34-29(8-5-25(42)32(34)38(55-57)56-64(2,62)63)59-39(53-37-22(40(59)61)4-7-27(52-37)18-3-6-26(45)19(12-18)15-50)28(11-17-9-20(43)13-21(44)10-17)51-30(60)16-58-35-31(33(54-58)36(46)47)23-14-24(23)41(35,48)49/h3-10,12-13,23-24,28,36H,11,14,16H2,1-2H3,(H,51,60)(H,55,56)/t23-,24+,28-/m0/s1. The number of halogens is 8. The van der Waals surface area contributed by atoms with Gasteiger partial charge in [0.05, 0.1) is 50.6 Å². The average Bonchev–Trinajstić information content (AvgIpc) is 3.76. The molecule has 4 heterocycles. The summed E-state index contributed by atoms with van der Waals surface area (Å²) in [6, 6.07) is 11.5. The predicted molar refractivity (Wildman–Crippen MR) is 216 cm³/mol. The topological polar surface area (TPSA) is 182 Å². The fraction of sp³-hybridized carbons (Fsp3) is 0.244. The number of alkyl halides is 4. The molecule has 9 rings (SSSR count). The first-order valence-electron chi connectivity index (χ1n) is 19.0. The first-order valence-corrected chi connectivity index (χ1v) is 21.3. The summed E-state index contributed by atoms with van der Waals surface area (Å²) >= 11 is 6.60. The molecule has 0 radical (unpaired) electrons. The third-order valence-corrected chi connectivity index (χ3v) is 11.9. The van der Waals surface area contributed by atoms with Crippen molar-refractivity contribution < 1.29 is 43.9 Å². The Morgan fingerprint density at radius 3 is 2.45 bits per heavy atom. The van der Waals surface area contributed by atoms with Crippen LogP contribution in [-0.2, 0) is 40.8 Å². The molecule has 3 aromatic carbocycles. The highest BCUT2D eigenvalue weighted by Crippen LogP contribution is 2.68. The summed E-state index contributed by atoms with van der Waals surface area (Å²) in [6.45, 7) is -1.04. The summed E-state index contributed by atoms with van der Waals surface area (Å²) in [4.78, 5) is 38.3. The highest BCUT2D eigenvalue weighted by Gasteiger charge is 2.67. The van der Waals surface area contributed by atoms with Gasteiger partial charge in [-0.25, -0.2) is 40.3 Å². The number of hydrogen-bond donors (Lipinski definition) is 2. The quantitative estimate of drug-likeness (QED) is 0.128. The highest BCUT2D eigenvalue weighted by molar-refractivity contribution is 7.92. The lowest BCUT2D eigenvalue weighted by molar-refractivity contribution is -0.123. The Morgan fingerprint density at radius 2 is 1.77 bits per heavy atom. The number of fused-ring (bicyclic) bond motifs is 5. The SMILES string of the molecule is Cn1nc(NS(C)(=O)=O)c2c(Cl)ccc(-n3c([C@H](Cc4cc(F)cc(F)c4)NC(=O)Cn4nc(C(F)F)c5c4C(F)(F)[C@@H]4C[C@H]54)nc4nc(-c5ccc(F)c(C#N)c5)ccc4c3=O)c21. The Balaban J connectivity index is 1.27. The molecule has 2 aliphatic rings. The van der Waals surface area contributed by atoms with E-state index in [4.69, 9.17) is 16.6 Å². The molecule has 1 amide bonds. The molecule has 14 nitrogen and oxygen atoms in total. The molecule has 64 heavy (non-hydrogen) atoms. The van der Waals surface area contributed by atoms with Crippen LogP contribution in [0, 0.1) is 34.7 Å². The number of benzene rings is 3. The molecule has 328 valence electrons. The highest BCUT2D eigenvalue weighted by atomic mass is 35.5. The van der Waals surface area contributed by atoms with Gasteiger partial charge in [-0.2, -0.15) is 24.2 Å². The molecule has 2 aliphatic carbocycles. The molecule has 0 aliphatic heterocycles. The average molecular weight is 925 g/mol. The van der Waals surface area contributed by atoms with Gasteiger partial charge in [-0.15, -0.1) is 0 Å². The summed E-state index contributed by atoms with van der Waals surface area (Å²) < 4.78 is 133. The van der Waals surface area contributed by atoms with Crippen LogP contribution >= 0.6 is 11.6 Å². The van der Waals surface area contributed by atoms with Gasteiger partial charge in [-0.05, 0) is 72.5 Å². The number of nitriles is 1. The minimum Gasteiger partial charge on any atom is -0.344 e. The van der Waals surface area contributed by atoms with E-state index in [1.165, 1.54) is 48.1 Å². The minimum atomic E-state index is -3.95. The molecule has 4 aromatic heterocycles. The van der Waals surface area contributed by atoms with Gasteiger partial charge in [-0.1, -0.05) is 11.6 Å². The number of amides is 1. The van der Waals surface area contributed by atoms with Crippen LogP contribution in [0.1, 0.15) is 58.7 Å². The number of carbonyl (C=O) groups excluding carboxylic acids is 1. The second kappa shape index (κ2) is 15.2. The number of aromatic nitrogens is 7. The lowest BCUT2D eigenvalue weighted by Crippen LogP contribution is -2.38. The van der Waals surface area contributed by atoms with Crippen molar-refractivity contribution >= 4 is 55.3 Å². The number of anilines is 1. The van der Waals surface area contributed by atoms with Crippen LogP contribution in [0.5, 0.6) is 0 Å². The fourth-order valence-electron chi connectivity index (χ4n) is 8.39. The molecule has 0 unspecified atom stereocenters. The molecule has 0 saturated heterocycles. The predicted octanol–water partition coefficient (Wildman–Crippen LogP) is 7.09. The molecule has 0 bridgehead atoms. The lowest BCUT2D eigenvalue weighted by atomic mass is 10.0. The maximum absolute atomic E-state index is 15.5. The van der Waals surface area contributed by atoms with Crippen molar-refractivity contribution in [3.05, 3.63) is 127 Å². The lowest BCUT2D eigenvalue weighted by Gasteiger charge is -2.24. The van der Waals surface area contributed by atoms with Crippen molar-refractivity contribution in [2.45, 2.75) is 43.7 Å². The van der Waals surface area contributed by atoms with E-state index < -0.39 is 99.3 Å². The van der Waals surface area contributed by atoms with E-state index in [1.807, 2.05) is 0 Å². The van der Waals surface area contributed by atoms with Gasteiger partial charge >= 0.3 is 0 Å². The van der Waals surface area contributed by atoms with E-state index in [1.54, 1.807) is 6.07 Å². The van der Waals surface area contributed by atoms with Gasteiger partial charge in [0.15, 0.2) is 11.5 Å². The summed E-state index contributed by atoms with van der Waals surface area (Å²) in [6.07, 6.45) is -2.96. The Morgan fingerprint density at radius 1 is 1.03 bits per heavy atom. The monoisotopic (exact) mass is 924 g/mol. The van der Waals surface area contributed by atoms with E-state index in [0.29, 0.717) is 10.7 Å². The van der Waals surface area contributed by atoms with Crippen LogP contribution in [0.4, 0.5) is 36.6 Å². The molecule has 0 spiro atoms. The van der Waals surface area contributed by atoms with Crippen molar-refractivity contribution in [1.29, 1.82) is 5.26 Å². The summed E-state index contributed by atoms with van der Waals surface area (Å²) in [5, 5.41) is 19.9. The molecule has 23 heteroatoms. The van der Waals surface area contributed by atoms with Crippen molar-refractivity contribution in [2.75, 3.05) is 11.0 Å². The number of aryl methyl sites for hydroxylation is 1. The van der Waals surface area contributed by atoms with Crippen LogP contribution in [0.15, 0.2) is 65.5 Å². The second-order valence-corrected chi connectivity index (χ2v) is 17.6. The smallest absolute Gasteiger partial charge is 0.293 e. The first kappa shape index (κ1) is 42.4. The zero-order chi connectivity index (χ0) is 45.7. The van der Waals surface area contributed by atoms with Gasteiger partial charge < -0.3 is 5.32 Å². The van der Waals surface area contributed by atoms with E-state index in [-0.39, 0.29) is 72.8 Å². The van der Waals surface area contributed by atoms with Crippen molar-refractivity contribution in [1.82, 2.24) is 39.4 Å². The normalized spacial score (nSPS) is 16.8. The summed E-state index contributed by atoms with van der Waals surface area (Å²) in [5.74, 6) is -10.3. The molecule has 7 aromatic rings. The van der Waals surface area contributed by atoms with E-state index in [0.717, 1.165) is 29.0 Å². The Hall–Kier alpha value is -6.86. The number of nitrogens with one attached hydrogen (secondary N) is 2. The zero-order valence-corrected chi connectivity index (χ0v) is 34.4. The van der Waals surface area contributed by atoms with E-state index in [9.17, 15) is 45.2 Å². The molecule has 1 fully saturated rings. The van der Waals surface area contributed by atoms with Crippen LogP contribution in [0.2, 0.25) is 5.02 Å². The van der Waals surface area contributed by atoms with Crippen LogP contribution in [0.25, 0.3) is 38.9 Å². The van der Waals surface area contributed by atoms with Gasteiger partial charge in [0.25, 0.3) is 17.9 Å². The summed E-state index contributed by atoms with van der Waals surface area (Å²) in [5.41, 5.74) is -3.34. The molecule has 2 N–H and O–H groups in total. The van der Waals surface area contributed by atoms with Gasteiger partial charge in [0.1, 0.15) is 47.3 Å². The minimum absolute atomic E-state index is 0.0113. The zero-order valence-electron chi connectivity index (χ0n) is 32.8. The molecular formula is C41H28ClF7N10O4S. The molecular weight excluding hydrogens is 897 g/mol. The fourth-order valence-corrected chi connectivity index (χ4v) is 9.13. The number of hydrogen-bond acceptors (Lipinski definition) is 9. The van der Waals surface area contributed by atoms with Crippen molar-refractivity contribution in [3.8, 4) is 23.0 Å². The number of sulfonamides is 1.